The van der Waals surface area contributed by atoms with E-state index in [9.17, 15) is 0 Å². The van der Waals surface area contributed by atoms with Crippen LogP contribution in [0.1, 0.15) is 16.7 Å². The van der Waals surface area contributed by atoms with E-state index in [2.05, 4.69) is 53.9 Å². The van der Waals surface area contributed by atoms with Gasteiger partial charge in [0, 0.05) is 6.54 Å². The topological polar surface area (TPSA) is 12.5 Å². The van der Waals surface area contributed by atoms with E-state index in [-0.39, 0.29) is 0 Å². The first-order chi connectivity index (χ1) is 7.58. The van der Waals surface area contributed by atoms with Crippen molar-refractivity contribution in [3.05, 3.63) is 28.8 Å². The minimum atomic E-state index is 0.918. The highest BCUT2D eigenvalue weighted by Gasteiger charge is 2.05. The first-order valence-electron chi connectivity index (χ1n) is 5.47. The fourth-order valence-corrected chi connectivity index (χ4v) is 2.14. The molecule has 0 aromatic heterocycles. The zero-order valence-corrected chi connectivity index (χ0v) is 12.1. The van der Waals surface area contributed by atoms with Gasteiger partial charge in [-0.1, -0.05) is 28.1 Å². The summed E-state index contributed by atoms with van der Waals surface area (Å²) in [5.74, 6) is 1.01. The van der Waals surface area contributed by atoms with Crippen LogP contribution in [0.25, 0.3) is 0 Å². The van der Waals surface area contributed by atoms with Gasteiger partial charge in [-0.15, -0.1) is 0 Å². The number of rotatable bonds is 5. The molecule has 0 radical (unpaired) electrons. The summed E-state index contributed by atoms with van der Waals surface area (Å²) >= 11 is 3.45. The number of hydrogen-bond acceptors (Lipinski definition) is 2. The zero-order valence-electron chi connectivity index (χ0n) is 10.5. The normalized spacial score (nSPS) is 10.9. The number of alkyl halides is 1. The molecule has 16 heavy (non-hydrogen) atoms. The number of ether oxygens (including phenoxy) is 1. The Morgan fingerprint density at radius 3 is 2.25 bits per heavy atom. The van der Waals surface area contributed by atoms with Crippen molar-refractivity contribution in [2.24, 2.45) is 0 Å². The Morgan fingerprint density at radius 2 is 1.81 bits per heavy atom. The maximum Gasteiger partial charge on any atom is 0.124 e. The highest BCUT2D eigenvalue weighted by Crippen LogP contribution is 2.24. The van der Waals surface area contributed by atoms with Gasteiger partial charge in [0.1, 0.15) is 5.75 Å². The molecular weight excluding hydrogens is 266 g/mol. The molecule has 0 N–H and O–H groups in total. The molecule has 0 unspecified atom stereocenters. The summed E-state index contributed by atoms with van der Waals surface area (Å²) in [5.41, 5.74) is 4.74. The van der Waals surface area contributed by atoms with Gasteiger partial charge < -0.3 is 4.74 Å². The number of hydrogen-bond donors (Lipinski definition) is 0. The molecule has 0 fully saturated rings. The molecule has 2 nitrogen and oxygen atoms in total. The molecule has 0 heterocycles. The lowest BCUT2D eigenvalue weighted by Gasteiger charge is -2.15. The summed E-state index contributed by atoms with van der Waals surface area (Å²) in [6.07, 6.45) is 1.08. The van der Waals surface area contributed by atoms with Gasteiger partial charge >= 0.3 is 0 Å². The summed E-state index contributed by atoms with van der Waals surface area (Å²) in [5, 5.41) is 0. The summed E-state index contributed by atoms with van der Waals surface area (Å²) in [4.78, 5) is 2.24. The van der Waals surface area contributed by atoms with Crippen LogP contribution in [-0.4, -0.2) is 31.1 Å². The van der Waals surface area contributed by atoms with Gasteiger partial charge in [-0.2, -0.15) is 0 Å². The quantitative estimate of drug-likeness (QED) is 0.609. The predicted molar refractivity (Wildman–Crippen MR) is 72.6 cm³/mol. The minimum absolute atomic E-state index is 0.918. The third-order valence-corrected chi connectivity index (χ3v) is 3.57. The van der Waals surface area contributed by atoms with Crippen molar-refractivity contribution in [3.8, 4) is 5.75 Å². The van der Waals surface area contributed by atoms with E-state index in [1.165, 1.54) is 16.7 Å². The molecule has 0 bridgehead atoms. The van der Waals surface area contributed by atoms with Crippen LogP contribution in [0.15, 0.2) is 12.1 Å². The van der Waals surface area contributed by atoms with E-state index < -0.39 is 0 Å². The minimum Gasteiger partial charge on any atom is -0.496 e. The summed E-state index contributed by atoms with van der Waals surface area (Å²) in [6, 6.07) is 4.43. The van der Waals surface area contributed by atoms with Crippen molar-refractivity contribution in [2.45, 2.75) is 20.3 Å². The van der Waals surface area contributed by atoms with Crippen LogP contribution in [0.3, 0.4) is 0 Å². The summed E-state index contributed by atoms with van der Waals surface area (Å²) < 4.78 is 5.36. The van der Waals surface area contributed by atoms with Crippen molar-refractivity contribution in [1.82, 2.24) is 4.90 Å². The molecule has 0 spiro atoms. The molecule has 0 atom stereocenters. The number of benzene rings is 1. The third-order valence-electron chi connectivity index (χ3n) is 2.71. The third kappa shape index (κ3) is 3.49. The number of likely N-dealkylation sites (N-methyl/N-ethyl adjacent to an activating group) is 1. The van der Waals surface area contributed by atoms with Crippen LogP contribution >= 0.6 is 15.9 Å². The Labute approximate surface area is 107 Å². The lowest BCUT2D eigenvalue weighted by molar-refractivity contribution is 0.399. The van der Waals surface area contributed by atoms with Crippen molar-refractivity contribution < 1.29 is 4.74 Å². The molecule has 0 aliphatic rings. The second-order valence-electron chi connectivity index (χ2n) is 4.21. The molecule has 0 aliphatic carbocycles. The maximum atomic E-state index is 5.36. The average Bonchev–Trinajstić information content (AvgIpc) is 2.25. The number of aryl methyl sites for hydroxylation is 2. The molecule has 0 saturated carbocycles. The van der Waals surface area contributed by atoms with Crippen LogP contribution in [0, 0.1) is 13.8 Å². The Kier molecular flexibility index (Phi) is 5.29. The standard InChI is InChI=1S/C13H20BrNO/c1-10-7-12(5-6-15(3)9-14)8-11(2)13(10)16-4/h7-8H,5-6,9H2,1-4H3. The molecular formula is C13H20BrNO. The fraction of sp³-hybridized carbons (Fsp3) is 0.538. The molecule has 90 valence electrons. The highest BCUT2D eigenvalue weighted by atomic mass is 79.9. The van der Waals surface area contributed by atoms with Gasteiger partial charge in [-0.05, 0) is 44.0 Å². The Balaban J connectivity index is 2.76. The molecule has 1 rings (SSSR count). The largest absolute Gasteiger partial charge is 0.496 e. The first-order valence-corrected chi connectivity index (χ1v) is 6.59. The number of nitrogens with zero attached hydrogens (tertiary/aromatic N) is 1. The van der Waals surface area contributed by atoms with E-state index in [1.807, 2.05) is 0 Å². The predicted octanol–water partition coefficient (Wildman–Crippen LogP) is 3.14. The van der Waals surface area contributed by atoms with Crippen LogP contribution in [-0.2, 0) is 6.42 Å². The molecule has 3 heteroatoms. The average molecular weight is 286 g/mol. The van der Waals surface area contributed by atoms with Gasteiger partial charge in [0.15, 0.2) is 0 Å². The Hall–Kier alpha value is -0.540. The maximum absolute atomic E-state index is 5.36. The van der Waals surface area contributed by atoms with E-state index in [0.29, 0.717) is 0 Å². The Bertz CT molecular complexity index is 329. The summed E-state index contributed by atoms with van der Waals surface area (Å²) in [7, 11) is 3.84. The monoisotopic (exact) mass is 285 g/mol. The number of halogens is 1. The fourth-order valence-electron chi connectivity index (χ4n) is 1.89. The van der Waals surface area contributed by atoms with Crippen LogP contribution in [0.5, 0.6) is 5.75 Å². The SMILES string of the molecule is COc1c(C)cc(CCN(C)CBr)cc1C. The van der Waals surface area contributed by atoms with Gasteiger partial charge in [0.05, 0.1) is 12.6 Å². The first kappa shape index (κ1) is 13.5. The Morgan fingerprint density at radius 1 is 1.25 bits per heavy atom. The van der Waals surface area contributed by atoms with E-state index in [1.54, 1.807) is 7.11 Å². The molecule has 1 aromatic rings. The van der Waals surface area contributed by atoms with Crippen LogP contribution in [0.2, 0.25) is 0 Å². The second-order valence-corrected chi connectivity index (χ2v) is 4.71. The lowest BCUT2D eigenvalue weighted by atomic mass is 10.0. The zero-order chi connectivity index (χ0) is 12.1. The van der Waals surface area contributed by atoms with Gasteiger partial charge in [0.25, 0.3) is 0 Å². The smallest absolute Gasteiger partial charge is 0.124 e. The van der Waals surface area contributed by atoms with Crippen molar-refractivity contribution in [3.63, 3.8) is 0 Å². The van der Waals surface area contributed by atoms with E-state index in [0.717, 1.165) is 24.2 Å². The van der Waals surface area contributed by atoms with Crippen molar-refractivity contribution >= 4 is 15.9 Å². The van der Waals surface area contributed by atoms with Crippen molar-refractivity contribution in [2.75, 3.05) is 26.2 Å². The number of methoxy groups -OCH3 is 1. The van der Waals surface area contributed by atoms with Gasteiger partial charge in [0.2, 0.25) is 0 Å². The molecule has 0 aliphatic heterocycles. The van der Waals surface area contributed by atoms with E-state index >= 15 is 0 Å². The van der Waals surface area contributed by atoms with Crippen LogP contribution < -0.4 is 4.74 Å². The van der Waals surface area contributed by atoms with Gasteiger partial charge in [-0.25, -0.2) is 0 Å². The van der Waals surface area contributed by atoms with Gasteiger partial charge in [-0.3, -0.25) is 4.90 Å². The molecule has 0 saturated heterocycles. The highest BCUT2D eigenvalue weighted by molar-refractivity contribution is 9.09. The second kappa shape index (κ2) is 6.26. The summed E-state index contributed by atoms with van der Waals surface area (Å²) in [6.45, 7) is 5.27. The van der Waals surface area contributed by atoms with Crippen LogP contribution in [0.4, 0.5) is 0 Å². The molecule has 0 amide bonds. The van der Waals surface area contributed by atoms with E-state index in [4.69, 9.17) is 4.74 Å². The lowest BCUT2D eigenvalue weighted by Crippen LogP contribution is -2.19. The molecule has 1 aromatic carbocycles. The van der Waals surface area contributed by atoms with Crippen molar-refractivity contribution in [1.29, 1.82) is 0 Å².